The first kappa shape index (κ1) is 23.5. The topological polar surface area (TPSA) is 81.1 Å². The molecule has 1 aromatic heterocycles. The Bertz CT molecular complexity index is 1260. The van der Waals surface area contributed by atoms with E-state index in [1.54, 1.807) is 21.5 Å². The van der Waals surface area contributed by atoms with Crippen molar-refractivity contribution in [2.75, 3.05) is 13.7 Å². The van der Waals surface area contributed by atoms with Crippen LogP contribution >= 0.6 is 0 Å². The number of rotatable bonds is 2. The highest BCUT2D eigenvalue weighted by Gasteiger charge is 2.53. The summed E-state index contributed by atoms with van der Waals surface area (Å²) in [5.41, 5.74) is 2.53. The van der Waals surface area contributed by atoms with Crippen molar-refractivity contribution in [3.8, 4) is 5.75 Å². The van der Waals surface area contributed by atoms with E-state index in [1.165, 1.54) is 0 Å². The third-order valence-corrected chi connectivity index (χ3v) is 7.06. The van der Waals surface area contributed by atoms with E-state index in [2.05, 4.69) is 0 Å². The Labute approximate surface area is 205 Å². The molecular formula is C27H33N3O5. The van der Waals surface area contributed by atoms with E-state index >= 15 is 0 Å². The van der Waals surface area contributed by atoms with E-state index in [9.17, 15) is 14.4 Å². The van der Waals surface area contributed by atoms with Gasteiger partial charge in [0.25, 0.3) is 0 Å². The van der Waals surface area contributed by atoms with Crippen LogP contribution in [0.4, 0.5) is 4.79 Å². The van der Waals surface area contributed by atoms with Gasteiger partial charge in [0, 0.05) is 24.4 Å². The van der Waals surface area contributed by atoms with Crippen LogP contribution in [-0.4, -0.2) is 63.6 Å². The number of ether oxygens (including phenoxy) is 2. The van der Waals surface area contributed by atoms with Gasteiger partial charge in [-0.1, -0.05) is 11.6 Å². The number of piperazine rings is 1. The summed E-state index contributed by atoms with van der Waals surface area (Å²) in [5, 5.41) is 0.863. The maximum atomic E-state index is 13.8. The summed E-state index contributed by atoms with van der Waals surface area (Å²) in [4.78, 5) is 44.5. The summed E-state index contributed by atoms with van der Waals surface area (Å²) >= 11 is 0. The maximum Gasteiger partial charge on any atom is 0.419 e. The highest BCUT2D eigenvalue weighted by atomic mass is 16.6. The lowest BCUT2D eigenvalue weighted by Crippen LogP contribution is -2.65. The van der Waals surface area contributed by atoms with Crippen molar-refractivity contribution in [3.63, 3.8) is 0 Å². The predicted molar refractivity (Wildman–Crippen MR) is 131 cm³/mol. The van der Waals surface area contributed by atoms with Crippen LogP contribution < -0.4 is 4.74 Å². The van der Waals surface area contributed by atoms with Gasteiger partial charge in [0.15, 0.2) is 0 Å². The lowest BCUT2D eigenvalue weighted by Gasteiger charge is -2.48. The maximum absolute atomic E-state index is 13.8. The minimum Gasteiger partial charge on any atom is -0.497 e. The molecule has 0 aliphatic carbocycles. The number of amides is 2. The molecular weight excluding hydrogens is 446 g/mol. The lowest BCUT2D eigenvalue weighted by molar-refractivity contribution is -0.162. The van der Waals surface area contributed by atoms with Crippen LogP contribution in [0.5, 0.6) is 5.75 Å². The van der Waals surface area contributed by atoms with Crippen LogP contribution in [0.3, 0.4) is 0 Å². The number of hydrogen-bond acceptors (Lipinski definition) is 5. The number of hydrogen-bond donors (Lipinski definition) is 0. The zero-order valence-electron chi connectivity index (χ0n) is 21.3. The van der Waals surface area contributed by atoms with Crippen molar-refractivity contribution < 1.29 is 23.9 Å². The Morgan fingerprint density at radius 1 is 1.11 bits per heavy atom. The Morgan fingerprint density at radius 2 is 1.86 bits per heavy atom. The molecule has 2 aromatic rings. The van der Waals surface area contributed by atoms with Crippen LogP contribution in [0.15, 0.2) is 29.8 Å². The number of carbonyl (C=O) groups excluding carboxylic acids is 3. The number of methoxy groups -OCH3 is 1. The monoisotopic (exact) mass is 479 g/mol. The molecule has 0 radical (unpaired) electrons. The van der Waals surface area contributed by atoms with Crippen LogP contribution in [0.1, 0.15) is 64.8 Å². The first-order chi connectivity index (χ1) is 16.5. The standard InChI is InChI=1S/C27H33N3O5/c1-15(2)12-21-23-18(14-22-24(31)28-11-7-8-19(28)25(32)29(21)22)17-10-9-16(34-6)13-20(17)30(23)26(33)35-27(3,4)5/h9-10,12-13,19,21-22H,7-8,11,14H2,1-6H3. The second-order valence-corrected chi connectivity index (χ2v) is 10.9. The first-order valence-corrected chi connectivity index (χ1v) is 12.2. The van der Waals surface area contributed by atoms with E-state index in [4.69, 9.17) is 9.47 Å². The molecule has 0 saturated carbocycles. The normalized spacial score (nSPS) is 23.7. The summed E-state index contributed by atoms with van der Waals surface area (Å²) in [6, 6.07) is 4.03. The van der Waals surface area contributed by atoms with Crippen molar-refractivity contribution in [3.05, 3.63) is 41.1 Å². The minimum atomic E-state index is -0.704. The predicted octanol–water partition coefficient (Wildman–Crippen LogP) is 4.20. The fourth-order valence-corrected chi connectivity index (χ4v) is 5.75. The van der Waals surface area contributed by atoms with E-state index in [0.29, 0.717) is 36.3 Å². The third kappa shape index (κ3) is 3.70. The molecule has 2 fully saturated rings. The fourth-order valence-electron chi connectivity index (χ4n) is 5.75. The molecule has 35 heavy (non-hydrogen) atoms. The molecule has 0 bridgehead atoms. The first-order valence-electron chi connectivity index (χ1n) is 12.2. The van der Waals surface area contributed by atoms with Crippen LogP contribution in [0, 0.1) is 0 Å². The zero-order valence-corrected chi connectivity index (χ0v) is 21.3. The molecule has 0 N–H and O–H groups in total. The average molecular weight is 480 g/mol. The second kappa shape index (κ2) is 8.14. The van der Waals surface area contributed by atoms with Crippen molar-refractivity contribution in [1.82, 2.24) is 14.4 Å². The van der Waals surface area contributed by atoms with E-state index in [0.717, 1.165) is 22.9 Å². The van der Waals surface area contributed by atoms with Crippen LogP contribution in [0.25, 0.3) is 10.9 Å². The molecule has 2 saturated heterocycles. The number of carbonyl (C=O) groups is 3. The number of nitrogens with zero attached hydrogens (tertiary/aromatic N) is 3. The molecule has 3 unspecified atom stereocenters. The van der Waals surface area contributed by atoms with Gasteiger partial charge in [0.1, 0.15) is 23.4 Å². The fraction of sp³-hybridized carbons (Fsp3) is 0.519. The third-order valence-electron chi connectivity index (χ3n) is 7.06. The van der Waals surface area contributed by atoms with Gasteiger partial charge in [0.2, 0.25) is 11.8 Å². The Morgan fingerprint density at radius 3 is 2.51 bits per heavy atom. The van der Waals surface area contributed by atoms with Gasteiger partial charge in [-0.2, -0.15) is 0 Å². The molecule has 8 nitrogen and oxygen atoms in total. The summed E-state index contributed by atoms with van der Waals surface area (Å²) < 4.78 is 12.9. The van der Waals surface area contributed by atoms with Gasteiger partial charge in [-0.3, -0.25) is 9.59 Å². The van der Waals surface area contributed by atoms with Crippen LogP contribution in [-0.2, 0) is 20.7 Å². The van der Waals surface area contributed by atoms with Gasteiger partial charge >= 0.3 is 6.09 Å². The smallest absolute Gasteiger partial charge is 0.419 e. The van der Waals surface area contributed by atoms with Crippen molar-refractivity contribution in [2.45, 2.75) is 77.6 Å². The highest BCUT2D eigenvalue weighted by molar-refractivity contribution is 6.01. The Kier molecular flexibility index (Phi) is 5.45. The average Bonchev–Trinajstić information content (AvgIpc) is 3.38. The zero-order chi connectivity index (χ0) is 25.2. The summed E-state index contributed by atoms with van der Waals surface area (Å²) in [5.74, 6) is 0.567. The van der Waals surface area contributed by atoms with E-state index in [-0.39, 0.29) is 11.8 Å². The summed E-state index contributed by atoms with van der Waals surface area (Å²) in [6.45, 7) is 10.0. The molecule has 3 aliphatic heterocycles. The van der Waals surface area contributed by atoms with Gasteiger partial charge in [-0.25, -0.2) is 9.36 Å². The minimum absolute atomic E-state index is 0.00316. The highest BCUT2D eigenvalue weighted by Crippen LogP contribution is 2.45. The number of fused-ring (bicyclic) bond motifs is 5. The molecule has 1 aromatic carbocycles. The molecule has 0 spiro atoms. The Hall–Kier alpha value is -3.29. The molecule has 186 valence electrons. The van der Waals surface area contributed by atoms with Crippen molar-refractivity contribution >= 4 is 28.8 Å². The second-order valence-electron chi connectivity index (χ2n) is 10.9. The SMILES string of the molecule is COc1ccc2c3c(n(C(=O)OC(C)(C)C)c2c1)C(C=C(C)C)N1C(=O)C2CCCN2C(=O)C1C3. The van der Waals surface area contributed by atoms with Crippen molar-refractivity contribution in [2.24, 2.45) is 0 Å². The molecule has 3 atom stereocenters. The van der Waals surface area contributed by atoms with Crippen molar-refractivity contribution in [1.29, 1.82) is 0 Å². The molecule has 2 amide bonds. The van der Waals surface area contributed by atoms with Gasteiger partial charge < -0.3 is 19.3 Å². The summed E-state index contributed by atoms with van der Waals surface area (Å²) in [7, 11) is 1.58. The molecule has 5 rings (SSSR count). The number of allylic oxidation sites excluding steroid dienone is 1. The molecule has 8 heteroatoms. The van der Waals surface area contributed by atoms with Gasteiger partial charge in [-0.15, -0.1) is 0 Å². The van der Waals surface area contributed by atoms with Gasteiger partial charge in [0.05, 0.1) is 24.4 Å². The van der Waals surface area contributed by atoms with Gasteiger partial charge in [-0.05, 0) is 65.2 Å². The van der Waals surface area contributed by atoms with E-state index in [1.807, 2.05) is 58.9 Å². The molecule has 3 aliphatic rings. The van der Waals surface area contributed by atoms with Crippen LogP contribution in [0.2, 0.25) is 0 Å². The lowest BCUT2D eigenvalue weighted by atomic mass is 9.87. The number of benzene rings is 1. The Balaban J connectivity index is 1.78. The van der Waals surface area contributed by atoms with E-state index < -0.39 is 29.8 Å². The molecule has 4 heterocycles. The largest absolute Gasteiger partial charge is 0.497 e. The number of aromatic nitrogens is 1. The summed E-state index contributed by atoms with van der Waals surface area (Å²) in [6.07, 6.45) is 3.33. The quantitative estimate of drug-likeness (QED) is 0.603.